The molecule has 0 unspecified atom stereocenters. The zero-order valence-corrected chi connectivity index (χ0v) is 23.0. The molecule has 0 saturated carbocycles. The van der Waals surface area contributed by atoms with Crippen LogP contribution >= 0.6 is 11.6 Å². The molecule has 9 nitrogen and oxygen atoms in total. The number of hydrogen-bond donors (Lipinski definition) is 1. The van der Waals surface area contributed by atoms with E-state index in [4.69, 9.17) is 21.7 Å². The zero-order valence-electron chi connectivity index (χ0n) is 21.4. The topological polar surface area (TPSA) is 99.9 Å². The summed E-state index contributed by atoms with van der Waals surface area (Å²) in [4.78, 5) is 22.9. The van der Waals surface area contributed by atoms with E-state index in [1.807, 2.05) is 12.3 Å². The summed E-state index contributed by atoms with van der Waals surface area (Å²) in [5, 5.41) is 5.19. The number of piperidine rings is 1. The molecule has 0 radical (unpaired) electrons. The summed E-state index contributed by atoms with van der Waals surface area (Å²) in [7, 11) is -3.57. The normalized spacial score (nSPS) is 20.5. The quantitative estimate of drug-likeness (QED) is 0.484. The minimum atomic E-state index is -3.57. The minimum Gasteiger partial charge on any atom is -0.356 e. The van der Waals surface area contributed by atoms with Crippen molar-refractivity contribution in [2.45, 2.75) is 52.0 Å². The first-order valence-corrected chi connectivity index (χ1v) is 15.1. The van der Waals surface area contributed by atoms with Crippen molar-refractivity contribution in [2.75, 3.05) is 35.5 Å². The van der Waals surface area contributed by atoms with Crippen LogP contribution in [0.1, 0.15) is 66.7 Å². The SMILES string of the molecule is CC[C@@H]1CCN(c2nc3cc([C@@H]4CCCCN4C(=O)c4cc(Cl)ccc4NS(C)(=O)=O)nn3cc2C)C1. The third kappa shape index (κ3) is 5.40. The van der Waals surface area contributed by atoms with Gasteiger partial charge in [-0.05, 0) is 56.7 Å². The lowest BCUT2D eigenvalue weighted by molar-refractivity contribution is 0.0607. The van der Waals surface area contributed by atoms with Crippen LogP contribution in [0, 0.1) is 12.8 Å². The summed E-state index contributed by atoms with van der Waals surface area (Å²) in [6.07, 6.45) is 8.03. The van der Waals surface area contributed by atoms with Gasteiger partial charge in [0.15, 0.2) is 5.65 Å². The number of likely N-dealkylation sites (tertiary alicyclic amines) is 1. The summed E-state index contributed by atoms with van der Waals surface area (Å²) in [6.45, 7) is 6.88. The molecule has 2 aliphatic rings. The second-order valence-electron chi connectivity index (χ2n) is 10.2. The van der Waals surface area contributed by atoms with Crippen LogP contribution in [0.3, 0.4) is 0 Å². The van der Waals surface area contributed by atoms with E-state index in [1.54, 1.807) is 15.5 Å². The summed E-state index contributed by atoms with van der Waals surface area (Å²) in [5.74, 6) is 1.43. The fourth-order valence-corrected chi connectivity index (χ4v) is 6.23. The molecule has 3 aromatic rings. The molecule has 11 heteroatoms. The van der Waals surface area contributed by atoms with E-state index in [9.17, 15) is 13.2 Å². The van der Waals surface area contributed by atoms with E-state index in [0.29, 0.717) is 17.5 Å². The van der Waals surface area contributed by atoms with Gasteiger partial charge in [-0.2, -0.15) is 5.10 Å². The lowest BCUT2D eigenvalue weighted by Crippen LogP contribution is -2.39. The first kappa shape index (κ1) is 25.8. The Hall–Kier alpha value is -2.85. The molecule has 37 heavy (non-hydrogen) atoms. The van der Waals surface area contributed by atoms with E-state index in [-0.39, 0.29) is 23.2 Å². The van der Waals surface area contributed by atoms with Gasteiger partial charge in [-0.15, -0.1) is 0 Å². The Morgan fingerprint density at radius 3 is 2.73 bits per heavy atom. The lowest BCUT2D eigenvalue weighted by Gasteiger charge is -2.35. The van der Waals surface area contributed by atoms with E-state index < -0.39 is 10.0 Å². The standard InChI is InChI=1S/C26H33ClN6O3S/c1-4-18-10-12-31(16-18)25-17(2)15-33-24(28-25)14-22(29-33)23-7-5-6-11-32(23)26(34)20-13-19(27)8-9-21(20)30-37(3,35)36/h8-9,13-15,18,23,30H,4-7,10-12,16H2,1-3H3/t18-,23+/m1/s1. The van der Waals surface area contributed by atoms with Gasteiger partial charge in [0.25, 0.3) is 5.91 Å². The number of aromatic nitrogens is 3. The van der Waals surface area contributed by atoms with Crippen LogP contribution in [0.2, 0.25) is 5.02 Å². The molecular weight excluding hydrogens is 512 g/mol. The van der Waals surface area contributed by atoms with Crippen LogP contribution in [0.15, 0.2) is 30.5 Å². The van der Waals surface area contributed by atoms with Gasteiger partial charge in [0, 0.05) is 42.5 Å². The van der Waals surface area contributed by atoms with Gasteiger partial charge in [0.2, 0.25) is 10.0 Å². The summed E-state index contributed by atoms with van der Waals surface area (Å²) < 4.78 is 28.1. The highest BCUT2D eigenvalue weighted by Gasteiger charge is 2.32. The maximum atomic E-state index is 13.8. The van der Waals surface area contributed by atoms with Gasteiger partial charge < -0.3 is 9.80 Å². The van der Waals surface area contributed by atoms with Crippen molar-refractivity contribution < 1.29 is 13.2 Å². The Morgan fingerprint density at radius 2 is 2.00 bits per heavy atom. The average Bonchev–Trinajstić information content (AvgIpc) is 3.50. The molecule has 0 aliphatic carbocycles. The average molecular weight is 545 g/mol. The van der Waals surface area contributed by atoms with Crippen molar-refractivity contribution in [3.05, 3.63) is 52.3 Å². The molecule has 2 atom stereocenters. The number of sulfonamides is 1. The van der Waals surface area contributed by atoms with E-state index >= 15 is 0 Å². The Labute approximate surface area is 222 Å². The van der Waals surface area contributed by atoms with E-state index in [1.165, 1.54) is 25.0 Å². The minimum absolute atomic E-state index is 0.217. The number of nitrogens with zero attached hydrogens (tertiary/aromatic N) is 5. The van der Waals surface area contributed by atoms with Gasteiger partial charge in [-0.25, -0.2) is 17.9 Å². The molecule has 1 aromatic carbocycles. The highest BCUT2D eigenvalue weighted by molar-refractivity contribution is 7.92. The lowest BCUT2D eigenvalue weighted by atomic mass is 9.98. The number of hydrogen-bond acceptors (Lipinski definition) is 6. The van der Waals surface area contributed by atoms with Crippen LogP contribution < -0.4 is 9.62 Å². The fraction of sp³-hybridized carbons (Fsp3) is 0.500. The number of halogens is 1. The second-order valence-corrected chi connectivity index (χ2v) is 12.4. The third-order valence-corrected chi connectivity index (χ3v) is 8.22. The van der Waals surface area contributed by atoms with Crippen molar-refractivity contribution in [1.29, 1.82) is 0 Å². The smallest absolute Gasteiger partial charge is 0.256 e. The molecule has 1 amide bonds. The number of fused-ring (bicyclic) bond motifs is 1. The molecule has 1 N–H and O–H groups in total. The number of amides is 1. The third-order valence-electron chi connectivity index (χ3n) is 7.40. The van der Waals surface area contributed by atoms with Crippen LogP contribution in [0.4, 0.5) is 11.5 Å². The molecule has 2 aromatic heterocycles. The van der Waals surface area contributed by atoms with Gasteiger partial charge in [0.1, 0.15) is 5.82 Å². The van der Waals surface area contributed by atoms with Crippen LogP contribution in [-0.2, 0) is 10.0 Å². The Kier molecular flexibility index (Phi) is 7.06. The Balaban J connectivity index is 1.47. The number of rotatable bonds is 6. The number of carbonyl (C=O) groups excluding carboxylic acids is 1. The predicted octanol–water partition coefficient (Wildman–Crippen LogP) is 4.67. The van der Waals surface area contributed by atoms with Crippen LogP contribution in [-0.4, -0.2) is 59.7 Å². The van der Waals surface area contributed by atoms with Gasteiger partial charge in [0.05, 0.1) is 29.2 Å². The number of anilines is 2. The Morgan fingerprint density at radius 1 is 1.19 bits per heavy atom. The monoisotopic (exact) mass is 544 g/mol. The first-order chi connectivity index (χ1) is 17.6. The highest BCUT2D eigenvalue weighted by Crippen LogP contribution is 2.35. The molecule has 0 bridgehead atoms. The van der Waals surface area contributed by atoms with Crippen molar-refractivity contribution in [3.8, 4) is 0 Å². The summed E-state index contributed by atoms with van der Waals surface area (Å²) in [5.41, 5.74) is 3.06. The highest BCUT2D eigenvalue weighted by atomic mass is 35.5. The molecule has 2 saturated heterocycles. The molecule has 5 rings (SSSR count). The van der Waals surface area contributed by atoms with Crippen LogP contribution in [0.25, 0.3) is 5.65 Å². The predicted molar refractivity (Wildman–Crippen MR) is 146 cm³/mol. The van der Waals surface area contributed by atoms with Crippen molar-refractivity contribution >= 4 is 44.7 Å². The van der Waals surface area contributed by atoms with Crippen molar-refractivity contribution in [1.82, 2.24) is 19.5 Å². The van der Waals surface area contributed by atoms with Gasteiger partial charge in [-0.1, -0.05) is 24.9 Å². The van der Waals surface area contributed by atoms with Gasteiger partial charge >= 0.3 is 0 Å². The van der Waals surface area contributed by atoms with Crippen LogP contribution in [0.5, 0.6) is 0 Å². The zero-order chi connectivity index (χ0) is 26.3. The second kappa shape index (κ2) is 10.1. The number of aryl methyl sites for hydroxylation is 1. The molecule has 4 heterocycles. The largest absolute Gasteiger partial charge is 0.356 e. The van der Waals surface area contributed by atoms with E-state index in [2.05, 4.69) is 23.5 Å². The number of benzene rings is 1. The first-order valence-electron chi connectivity index (χ1n) is 12.8. The molecular formula is C26H33ClN6O3S. The molecule has 2 aliphatic heterocycles. The van der Waals surface area contributed by atoms with Crippen molar-refractivity contribution in [3.63, 3.8) is 0 Å². The van der Waals surface area contributed by atoms with Crippen molar-refractivity contribution in [2.24, 2.45) is 5.92 Å². The summed E-state index contributed by atoms with van der Waals surface area (Å²) >= 11 is 6.20. The summed E-state index contributed by atoms with van der Waals surface area (Å²) in [6, 6.07) is 6.34. The number of carbonyl (C=O) groups is 1. The number of nitrogens with one attached hydrogen (secondary N) is 1. The van der Waals surface area contributed by atoms with E-state index in [0.717, 1.165) is 61.3 Å². The fourth-order valence-electron chi connectivity index (χ4n) is 5.48. The molecule has 0 spiro atoms. The maximum absolute atomic E-state index is 13.8. The maximum Gasteiger partial charge on any atom is 0.256 e. The molecule has 198 valence electrons. The Bertz CT molecular complexity index is 1440. The molecule has 2 fully saturated rings. The van der Waals surface area contributed by atoms with Gasteiger partial charge in [-0.3, -0.25) is 9.52 Å².